The van der Waals surface area contributed by atoms with Gasteiger partial charge >= 0.3 is 18.4 Å². The van der Waals surface area contributed by atoms with Gasteiger partial charge in [-0.3, -0.25) is 0 Å². The van der Waals surface area contributed by atoms with Gasteiger partial charge in [0.25, 0.3) is 0 Å². The maximum atomic E-state index is 13.1. The van der Waals surface area contributed by atoms with Crippen LogP contribution in [0.3, 0.4) is 0 Å². The molecule has 11 heteroatoms. The van der Waals surface area contributed by atoms with E-state index in [4.69, 9.17) is 10.8 Å². The molecule has 0 bridgehead atoms. The third kappa shape index (κ3) is 6.57. The Morgan fingerprint density at radius 1 is 1.06 bits per heavy atom. The summed E-state index contributed by atoms with van der Waals surface area (Å²) in [6, 6.07) is -1.26. The SMILES string of the molecule is Cl.NC(CO)CCC(F)(OC(F)(F)F)C(F)(F)F. The Morgan fingerprint density at radius 2 is 1.50 bits per heavy atom. The van der Waals surface area contributed by atoms with Gasteiger partial charge in [0.1, 0.15) is 0 Å². The summed E-state index contributed by atoms with van der Waals surface area (Å²) in [6.45, 7) is -0.778. The predicted molar refractivity (Wildman–Crippen MR) is 48.6 cm³/mol. The number of rotatable bonds is 5. The second-order valence-electron chi connectivity index (χ2n) is 3.26. The highest BCUT2D eigenvalue weighted by Gasteiger charge is 2.62. The molecule has 2 atom stereocenters. The van der Waals surface area contributed by atoms with Crippen LogP contribution >= 0.6 is 12.4 Å². The number of alkyl halides is 7. The van der Waals surface area contributed by atoms with Crippen molar-refractivity contribution in [1.29, 1.82) is 0 Å². The number of nitrogens with two attached hydrogens (primary N) is 1. The molecule has 2 unspecified atom stereocenters. The minimum Gasteiger partial charge on any atom is -0.395 e. The highest BCUT2D eigenvalue weighted by Crippen LogP contribution is 2.42. The molecule has 0 aliphatic rings. The fourth-order valence-electron chi connectivity index (χ4n) is 0.896. The van der Waals surface area contributed by atoms with E-state index in [9.17, 15) is 30.7 Å². The maximum absolute atomic E-state index is 13.1. The van der Waals surface area contributed by atoms with Crippen LogP contribution in [0, 0.1) is 0 Å². The number of aliphatic hydroxyl groups excluding tert-OH is 1. The fraction of sp³-hybridized carbons (Fsp3) is 1.00. The lowest BCUT2D eigenvalue weighted by molar-refractivity contribution is -0.449. The second-order valence-corrected chi connectivity index (χ2v) is 3.26. The Kier molecular flexibility index (Phi) is 7.48. The second kappa shape index (κ2) is 6.73. The van der Waals surface area contributed by atoms with Gasteiger partial charge in [0.15, 0.2) is 0 Å². The van der Waals surface area contributed by atoms with E-state index in [1.165, 1.54) is 0 Å². The van der Waals surface area contributed by atoms with Gasteiger partial charge < -0.3 is 10.8 Å². The lowest BCUT2D eigenvalue weighted by Crippen LogP contribution is -2.48. The molecule has 0 aromatic rings. The quantitative estimate of drug-likeness (QED) is 0.766. The number of hydrogen-bond acceptors (Lipinski definition) is 3. The molecule has 0 heterocycles. The zero-order chi connectivity index (χ0) is 13.9. The Balaban J connectivity index is 0. The zero-order valence-corrected chi connectivity index (χ0v) is 9.50. The van der Waals surface area contributed by atoms with Crippen molar-refractivity contribution in [3.8, 4) is 0 Å². The fourth-order valence-corrected chi connectivity index (χ4v) is 0.896. The standard InChI is InChI=1S/C7H10F7NO2.ClH/c8-5(6(9,10)11,17-7(12,13)14)2-1-4(15)3-16;/h4,16H,1-3,15H2;1H. The average molecular weight is 310 g/mol. The molecule has 0 spiro atoms. The predicted octanol–water partition coefficient (Wildman–Crippen LogP) is 2.27. The summed E-state index contributed by atoms with van der Waals surface area (Å²) in [5.74, 6) is -4.86. The van der Waals surface area contributed by atoms with Crippen molar-refractivity contribution < 1.29 is 40.6 Å². The van der Waals surface area contributed by atoms with Gasteiger partial charge in [-0.25, -0.2) is 9.13 Å². The van der Waals surface area contributed by atoms with E-state index in [2.05, 4.69) is 4.74 Å². The van der Waals surface area contributed by atoms with Crippen molar-refractivity contribution in [3.63, 3.8) is 0 Å². The van der Waals surface area contributed by atoms with Crippen LogP contribution in [0.25, 0.3) is 0 Å². The number of ether oxygens (including phenoxy) is 1. The topological polar surface area (TPSA) is 55.5 Å². The lowest BCUT2D eigenvalue weighted by atomic mass is 10.1. The first-order valence-corrected chi connectivity index (χ1v) is 4.30. The first-order chi connectivity index (χ1) is 7.41. The van der Waals surface area contributed by atoms with Gasteiger partial charge in [0.05, 0.1) is 6.61 Å². The maximum Gasteiger partial charge on any atom is 0.525 e. The van der Waals surface area contributed by atoms with Crippen molar-refractivity contribution in [3.05, 3.63) is 0 Å². The molecule has 0 saturated carbocycles. The van der Waals surface area contributed by atoms with Crippen LogP contribution < -0.4 is 5.73 Å². The first-order valence-electron chi connectivity index (χ1n) is 4.30. The van der Waals surface area contributed by atoms with Crippen molar-refractivity contribution in [1.82, 2.24) is 0 Å². The smallest absolute Gasteiger partial charge is 0.395 e. The van der Waals surface area contributed by atoms with Crippen LogP contribution in [0.15, 0.2) is 0 Å². The van der Waals surface area contributed by atoms with Crippen LogP contribution in [-0.4, -0.2) is 36.1 Å². The van der Waals surface area contributed by atoms with Gasteiger partial charge in [0, 0.05) is 12.5 Å². The van der Waals surface area contributed by atoms with Gasteiger partial charge in [-0.1, -0.05) is 0 Å². The van der Waals surface area contributed by atoms with Crippen LogP contribution in [0.4, 0.5) is 30.7 Å². The minimum atomic E-state index is -5.85. The Labute approximate surface area is 103 Å². The highest BCUT2D eigenvalue weighted by molar-refractivity contribution is 5.85. The van der Waals surface area contributed by atoms with Gasteiger partial charge in [-0.2, -0.15) is 13.2 Å². The van der Waals surface area contributed by atoms with Crippen LogP contribution in [0.2, 0.25) is 0 Å². The van der Waals surface area contributed by atoms with Crippen LogP contribution in [0.1, 0.15) is 12.8 Å². The van der Waals surface area contributed by atoms with E-state index < -0.39 is 43.9 Å². The summed E-state index contributed by atoms with van der Waals surface area (Å²) in [4.78, 5) is 0. The normalized spacial score (nSPS) is 17.8. The van der Waals surface area contributed by atoms with Gasteiger partial charge in [-0.05, 0) is 6.42 Å². The number of hydrogen-bond donors (Lipinski definition) is 2. The summed E-state index contributed by atoms with van der Waals surface area (Å²) in [6.07, 6.45) is -14.1. The third-order valence-electron chi connectivity index (χ3n) is 1.77. The number of aliphatic hydroxyl groups is 1. The molecule has 0 aliphatic heterocycles. The molecule has 3 N–H and O–H groups in total. The molecule has 0 fully saturated rings. The first kappa shape index (κ1) is 20.0. The van der Waals surface area contributed by atoms with E-state index in [0.29, 0.717) is 0 Å². The van der Waals surface area contributed by atoms with Crippen LogP contribution in [-0.2, 0) is 4.74 Å². The molecule has 0 aromatic carbocycles. The van der Waals surface area contributed by atoms with E-state index in [1.807, 2.05) is 0 Å². The van der Waals surface area contributed by atoms with Gasteiger partial charge in [-0.15, -0.1) is 25.6 Å². The molecule has 0 rings (SSSR count). The third-order valence-corrected chi connectivity index (χ3v) is 1.77. The summed E-state index contributed by atoms with van der Waals surface area (Å²) < 4.78 is 86.7. The summed E-state index contributed by atoms with van der Waals surface area (Å²) >= 11 is 0. The summed E-state index contributed by atoms with van der Waals surface area (Å²) in [5.41, 5.74) is 4.97. The van der Waals surface area contributed by atoms with Gasteiger partial charge in [0.2, 0.25) is 0 Å². The molecule has 3 nitrogen and oxygen atoms in total. The lowest BCUT2D eigenvalue weighted by Gasteiger charge is -2.29. The van der Waals surface area contributed by atoms with E-state index >= 15 is 0 Å². The molecule has 0 radical (unpaired) electrons. The van der Waals surface area contributed by atoms with E-state index in [1.54, 1.807) is 0 Å². The Hall–Kier alpha value is -0.320. The number of halogens is 8. The molecular formula is C7H11ClF7NO2. The minimum absolute atomic E-state index is 0. The largest absolute Gasteiger partial charge is 0.525 e. The Bertz CT molecular complexity index is 247. The summed E-state index contributed by atoms with van der Waals surface area (Å²) in [7, 11) is 0. The van der Waals surface area contributed by atoms with Crippen molar-refractivity contribution in [2.75, 3.05) is 6.61 Å². The van der Waals surface area contributed by atoms with Crippen molar-refractivity contribution in [2.24, 2.45) is 5.73 Å². The molecule has 112 valence electrons. The zero-order valence-electron chi connectivity index (χ0n) is 8.69. The van der Waals surface area contributed by atoms with E-state index in [0.717, 1.165) is 0 Å². The van der Waals surface area contributed by atoms with Crippen molar-refractivity contribution in [2.45, 2.75) is 37.3 Å². The summed E-state index contributed by atoms with van der Waals surface area (Å²) in [5, 5.41) is 8.38. The molecule has 0 amide bonds. The van der Waals surface area contributed by atoms with Crippen molar-refractivity contribution >= 4 is 12.4 Å². The monoisotopic (exact) mass is 309 g/mol. The molecular weight excluding hydrogens is 299 g/mol. The van der Waals surface area contributed by atoms with E-state index in [-0.39, 0.29) is 12.4 Å². The van der Waals surface area contributed by atoms with Crippen LogP contribution in [0.5, 0.6) is 0 Å². The molecule has 18 heavy (non-hydrogen) atoms. The highest BCUT2D eigenvalue weighted by atomic mass is 35.5. The Morgan fingerprint density at radius 3 is 1.78 bits per heavy atom. The molecule has 0 saturated heterocycles. The molecule has 0 aromatic heterocycles. The molecule has 0 aliphatic carbocycles. The average Bonchev–Trinajstić information content (AvgIpc) is 2.09.